The summed E-state index contributed by atoms with van der Waals surface area (Å²) < 4.78 is 31.2. The van der Waals surface area contributed by atoms with Gasteiger partial charge < -0.3 is 9.13 Å². The maximum Gasteiger partial charge on any atom is 0.158 e. The number of hydrogen-bond donors (Lipinski definition) is 0. The first kappa shape index (κ1) is 31.1. The number of benzene rings is 5. The third-order valence-electron chi connectivity index (χ3n) is 10.4. The molecule has 7 aromatic rings. The van der Waals surface area contributed by atoms with Crippen LogP contribution in [0.3, 0.4) is 0 Å². The molecule has 1 aliphatic carbocycles. The number of rotatable bonds is 2. The molecule has 2 aliphatic rings. The molecule has 9 heteroatoms. The van der Waals surface area contributed by atoms with E-state index in [1.165, 1.54) is 0 Å². The van der Waals surface area contributed by atoms with Gasteiger partial charge in [-0.3, -0.25) is 0 Å². The Balaban J connectivity index is 1.31. The molecule has 0 radical (unpaired) electrons. The number of aromatic nitrogens is 2. The van der Waals surface area contributed by atoms with E-state index >= 15 is 0 Å². The summed E-state index contributed by atoms with van der Waals surface area (Å²) in [5.74, 6) is -0.211. The highest BCUT2D eigenvalue weighted by Gasteiger charge is 2.28. The highest BCUT2D eigenvalue weighted by Crippen LogP contribution is 2.39. The van der Waals surface area contributed by atoms with Crippen LogP contribution < -0.4 is 10.6 Å². The zero-order valence-corrected chi connectivity index (χ0v) is 28.7. The van der Waals surface area contributed by atoms with Gasteiger partial charge in [-0.15, -0.1) is 0 Å². The van der Waals surface area contributed by atoms with Crippen molar-refractivity contribution >= 4 is 54.7 Å². The van der Waals surface area contributed by atoms with Crippen molar-refractivity contribution in [1.29, 1.82) is 21.0 Å². The minimum absolute atomic E-state index is 0.105. The Morgan fingerprint density at radius 3 is 1.60 bits per heavy atom. The van der Waals surface area contributed by atoms with E-state index < -0.39 is 15.3 Å². The monoisotopic (exact) mass is 690 g/mol. The van der Waals surface area contributed by atoms with E-state index in [4.69, 9.17) is 0 Å². The predicted octanol–water partition coefficient (Wildman–Crippen LogP) is 6.93. The minimum Gasteiger partial charge on any atom is -0.310 e. The summed E-state index contributed by atoms with van der Waals surface area (Å²) in [6.07, 6.45) is 4.59. The zero-order valence-electron chi connectivity index (χ0n) is 27.8. The lowest BCUT2D eigenvalue weighted by molar-refractivity contribution is 0.595. The molecule has 8 nitrogen and oxygen atoms in total. The summed E-state index contributed by atoms with van der Waals surface area (Å²) in [5, 5.41) is 43.4. The molecule has 1 atom stereocenters. The van der Waals surface area contributed by atoms with E-state index in [2.05, 4.69) is 39.5 Å². The Labute approximate surface area is 298 Å². The standard InChI is InChI=1S/C43H26N6O2S/c1-43(25-47)13-12-42-38(19-43)37-16-28(22-46)4-11-41(37)49(42)32-8-6-30-24-52(50,51)23-29-5-7-31(17-33(29)34(30)18-32)48-39-9-2-26(20-44)14-35(39)36-15-27(21-45)3-10-40(36)48/h2-12,14-19H,13,23-24H2,1H3. The zero-order chi connectivity index (χ0) is 35.9. The van der Waals surface area contributed by atoms with Gasteiger partial charge in [-0.25, -0.2) is 8.42 Å². The van der Waals surface area contributed by atoms with Crippen LogP contribution in [0.2, 0.25) is 0 Å². The topological polar surface area (TPSA) is 139 Å². The van der Waals surface area contributed by atoms with Crippen molar-refractivity contribution < 1.29 is 8.42 Å². The molecule has 3 heterocycles. The maximum atomic E-state index is 13.5. The van der Waals surface area contributed by atoms with Crippen molar-refractivity contribution in [2.45, 2.75) is 24.9 Å². The molecule has 246 valence electrons. The van der Waals surface area contributed by atoms with Crippen molar-refractivity contribution in [3.05, 3.63) is 129 Å². The average Bonchev–Trinajstić information content (AvgIpc) is 3.61. The fourth-order valence-electron chi connectivity index (χ4n) is 7.93. The second kappa shape index (κ2) is 11.0. The van der Waals surface area contributed by atoms with Crippen LogP contribution in [0, 0.1) is 50.7 Å². The molecular formula is C43H26N6O2S. The smallest absolute Gasteiger partial charge is 0.158 e. The highest BCUT2D eigenvalue weighted by atomic mass is 32.2. The molecule has 5 aromatic carbocycles. The summed E-state index contributed by atoms with van der Waals surface area (Å²) >= 11 is 0. The van der Waals surface area contributed by atoms with Gasteiger partial charge in [0.1, 0.15) is 0 Å². The number of nitrogens with zero attached hydrogens (tertiary/aromatic N) is 6. The Morgan fingerprint density at radius 2 is 1.10 bits per heavy atom. The van der Waals surface area contributed by atoms with Gasteiger partial charge in [0.25, 0.3) is 0 Å². The number of nitriles is 4. The molecule has 0 bridgehead atoms. The van der Waals surface area contributed by atoms with Crippen LogP contribution >= 0.6 is 0 Å². The van der Waals surface area contributed by atoms with Gasteiger partial charge in [-0.1, -0.05) is 24.3 Å². The average molecular weight is 691 g/mol. The lowest BCUT2D eigenvalue weighted by Crippen LogP contribution is -2.34. The highest BCUT2D eigenvalue weighted by molar-refractivity contribution is 7.89. The van der Waals surface area contributed by atoms with Crippen LogP contribution in [0.5, 0.6) is 0 Å². The van der Waals surface area contributed by atoms with E-state index in [1.807, 2.05) is 85.8 Å². The molecule has 2 aromatic heterocycles. The van der Waals surface area contributed by atoms with E-state index in [1.54, 1.807) is 18.2 Å². The molecule has 0 spiro atoms. The van der Waals surface area contributed by atoms with E-state index in [-0.39, 0.29) is 11.5 Å². The quantitative estimate of drug-likeness (QED) is 0.193. The molecule has 0 amide bonds. The number of sulfone groups is 1. The van der Waals surface area contributed by atoms with E-state index in [9.17, 15) is 29.5 Å². The van der Waals surface area contributed by atoms with Gasteiger partial charge in [-0.2, -0.15) is 21.0 Å². The molecule has 1 aliphatic heterocycles. The SMILES string of the molecule is CC1(C#N)C=c2c(n(-c3ccc4c(c3)-c3cc(-n5c6ccc(C#N)cc6c6cc(C#N)ccc65)ccc3CS(=O)(=O)C4)c3ccc(C#N)cc23)=CC1. The fraction of sp³-hybridized carbons (Fsp3) is 0.116. The molecule has 0 fully saturated rings. The Hall–Kier alpha value is -6.91. The fourth-order valence-corrected chi connectivity index (χ4v) is 9.48. The van der Waals surface area contributed by atoms with Gasteiger partial charge in [0.15, 0.2) is 9.84 Å². The van der Waals surface area contributed by atoms with Crippen molar-refractivity contribution in [3.63, 3.8) is 0 Å². The Kier molecular flexibility index (Phi) is 6.61. The summed E-state index contributed by atoms with van der Waals surface area (Å²) in [6.45, 7) is 1.91. The molecule has 9 rings (SSSR count). The first-order valence-electron chi connectivity index (χ1n) is 16.7. The van der Waals surface area contributed by atoms with Crippen molar-refractivity contribution in [1.82, 2.24) is 9.13 Å². The van der Waals surface area contributed by atoms with Crippen molar-refractivity contribution in [3.8, 4) is 46.8 Å². The molecule has 52 heavy (non-hydrogen) atoms. The summed E-state index contributed by atoms with van der Waals surface area (Å²) in [6, 6.07) is 37.5. The Morgan fingerprint density at radius 1 is 0.615 bits per heavy atom. The normalized spacial score (nSPS) is 16.9. The van der Waals surface area contributed by atoms with Crippen LogP contribution in [0.1, 0.15) is 41.2 Å². The lowest BCUT2D eigenvalue weighted by Gasteiger charge is -2.18. The van der Waals surface area contributed by atoms with Crippen LogP contribution in [-0.2, 0) is 21.3 Å². The largest absolute Gasteiger partial charge is 0.310 e. The molecule has 0 saturated carbocycles. The molecule has 0 saturated heterocycles. The summed E-state index contributed by atoms with van der Waals surface area (Å²) in [7, 11) is -3.48. The van der Waals surface area contributed by atoms with Gasteiger partial charge in [0, 0.05) is 38.1 Å². The second-order valence-electron chi connectivity index (χ2n) is 13.8. The first-order chi connectivity index (χ1) is 25.1. The molecule has 0 N–H and O–H groups in total. The third kappa shape index (κ3) is 4.65. The van der Waals surface area contributed by atoms with Crippen molar-refractivity contribution in [2.24, 2.45) is 5.41 Å². The molecule has 1 unspecified atom stereocenters. The second-order valence-corrected chi connectivity index (χ2v) is 15.9. The van der Waals surface area contributed by atoms with Crippen LogP contribution in [0.15, 0.2) is 91.0 Å². The number of fused-ring (bicyclic) bond motifs is 9. The lowest BCUT2D eigenvalue weighted by atomic mass is 9.84. The van der Waals surface area contributed by atoms with Gasteiger partial charge in [0.2, 0.25) is 0 Å². The minimum atomic E-state index is -3.48. The van der Waals surface area contributed by atoms with E-state index in [0.717, 1.165) is 65.8 Å². The predicted molar refractivity (Wildman–Crippen MR) is 200 cm³/mol. The van der Waals surface area contributed by atoms with Crippen LogP contribution in [-0.4, -0.2) is 17.6 Å². The third-order valence-corrected chi connectivity index (χ3v) is 11.9. The maximum absolute atomic E-state index is 13.5. The number of hydrogen-bond acceptors (Lipinski definition) is 6. The summed E-state index contributed by atoms with van der Waals surface area (Å²) in [5.41, 5.74) is 8.11. The van der Waals surface area contributed by atoms with Gasteiger partial charge >= 0.3 is 0 Å². The van der Waals surface area contributed by atoms with Gasteiger partial charge in [-0.05, 0) is 114 Å². The Bertz CT molecular complexity index is 3120. The van der Waals surface area contributed by atoms with E-state index in [0.29, 0.717) is 34.2 Å². The first-order valence-corrected chi connectivity index (χ1v) is 18.5. The summed E-state index contributed by atoms with van der Waals surface area (Å²) in [4.78, 5) is 0. The van der Waals surface area contributed by atoms with Crippen LogP contribution in [0.4, 0.5) is 0 Å². The van der Waals surface area contributed by atoms with Crippen LogP contribution in [0.25, 0.3) is 67.4 Å². The molecular weight excluding hydrogens is 665 g/mol. The van der Waals surface area contributed by atoms with Gasteiger partial charge in [0.05, 0.1) is 74.4 Å². The van der Waals surface area contributed by atoms with Crippen molar-refractivity contribution in [2.75, 3.05) is 0 Å².